The quantitative estimate of drug-likeness (QED) is 0.682. The molecule has 0 spiro atoms. The second-order valence-corrected chi connectivity index (χ2v) is 5.12. The summed E-state index contributed by atoms with van der Waals surface area (Å²) in [4.78, 5) is 10.8. The molecular formula is C9H14O2S. The topological polar surface area (TPSA) is 37.3 Å². The maximum atomic E-state index is 10.8. The predicted molar refractivity (Wildman–Crippen MR) is 49.3 cm³/mol. The van der Waals surface area contributed by atoms with Crippen molar-refractivity contribution in [1.82, 2.24) is 0 Å². The lowest BCUT2D eigenvalue weighted by atomic mass is 9.78. The molecule has 0 aromatic rings. The summed E-state index contributed by atoms with van der Waals surface area (Å²) in [5.41, 5.74) is 0. The summed E-state index contributed by atoms with van der Waals surface area (Å²) in [5.74, 6) is 1.19. The third-order valence-electron chi connectivity index (χ3n) is 2.94. The molecule has 0 amide bonds. The van der Waals surface area contributed by atoms with Crippen LogP contribution in [0.1, 0.15) is 25.7 Å². The Morgan fingerprint density at radius 2 is 2.25 bits per heavy atom. The fourth-order valence-electron chi connectivity index (χ4n) is 1.79. The smallest absolute Gasteiger partial charge is 0.307 e. The Balaban J connectivity index is 1.83. The first-order valence-electron chi connectivity index (χ1n) is 4.62. The van der Waals surface area contributed by atoms with Gasteiger partial charge in [0.05, 0.1) is 5.92 Å². The van der Waals surface area contributed by atoms with Crippen molar-refractivity contribution in [3.8, 4) is 0 Å². The normalized spacial score (nSPS) is 30.8. The Morgan fingerprint density at radius 1 is 1.58 bits per heavy atom. The average Bonchev–Trinajstić information content (AvgIpc) is 2.66. The van der Waals surface area contributed by atoms with E-state index < -0.39 is 5.97 Å². The fraction of sp³-hybridized carbons (Fsp3) is 0.889. The van der Waals surface area contributed by atoms with Crippen molar-refractivity contribution >= 4 is 17.7 Å². The van der Waals surface area contributed by atoms with Crippen LogP contribution in [0.15, 0.2) is 0 Å². The minimum Gasteiger partial charge on any atom is -0.481 e. The first-order chi connectivity index (χ1) is 5.77. The van der Waals surface area contributed by atoms with Gasteiger partial charge in [-0.1, -0.05) is 19.3 Å². The molecule has 1 heterocycles. The van der Waals surface area contributed by atoms with Crippen LogP contribution < -0.4 is 0 Å². The Bertz CT molecular complexity index is 185. The maximum Gasteiger partial charge on any atom is 0.307 e. The Hall–Kier alpha value is -0.180. The van der Waals surface area contributed by atoms with E-state index in [4.69, 9.17) is 5.11 Å². The third kappa shape index (κ3) is 1.76. The van der Waals surface area contributed by atoms with Gasteiger partial charge in [-0.3, -0.25) is 4.79 Å². The zero-order valence-corrected chi connectivity index (χ0v) is 7.85. The number of thioether (sulfide) groups is 1. The number of carboxylic acids is 1. The summed E-state index contributed by atoms with van der Waals surface area (Å²) in [6.07, 6.45) is 4.78. The zero-order valence-electron chi connectivity index (χ0n) is 7.03. The van der Waals surface area contributed by atoms with E-state index in [1.807, 2.05) is 0 Å². The van der Waals surface area contributed by atoms with Gasteiger partial charge in [0.1, 0.15) is 0 Å². The largest absolute Gasteiger partial charge is 0.481 e. The van der Waals surface area contributed by atoms with E-state index in [1.54, 1.807) is 11.8 Å². The highest BCUT2D eigenvalue weighted by atomic mass is 32.2. The first kappa shape index (κ1) is 8.42. The summed E-state index contributed by atoms with van der Waals surface area (Å²) in [5, 5.41) is 9.39. The molecule has 2 atom stereocenters. The van der Waals surface area contributed by atoms with Crippen molar-refractivity contribution in [3.05, 3.63) is 0 Å². The van der Waals surface area contributed by atoms with Crippen LogP contribution in [0.3, 0.4) is 0 Å². The van der Waals surface area contributed by atoms with Crippen molar-refractivity contribution < 1.29 is 9.90 Å². The summed E-state index contributed by atoms with van der Waals surface area (Å²) < 4.78 is 0. The summed E-state index contributed by atoms with van der Waals surface area (Å²) in [6, 6.07) is 0. The molecule has 0 radical (unpaired) electrons. The monoisotopic (exact) mass is 186 g/mol. The van der Waals surface area contributed by atoms with Crippen LogP contribution in [0, 0.1) is 11.8 Å². The van der Waals surface area contributed by atoms with Crippen LogP contribution in [0.4, 0.5) is 0 Å². The SMILES string of the molecule is O=C(O)[C@@H](CC1CCC1)[C@H]1CS1. The van der Waals surface area contributed by atoms with Gasteiger partial charge in [-0.25, -0.2) is 0 Å². The van der Waals surface area contributed by atoms with Crippen LogP contribution in [-0.4, -0.2) is 22.1 Å². The molecule has 1 saturated heterocycles. The lowest BCUT2D eigenvalue weighted by molar-refractivity contribution is -0.142. The number of carboxylic acid groups (broad SMARTS) is 1. The van der Waals surface area contributed by atoms with E-state index in [-0.39, 0.29) is 5.92 Å². The number of carbonyl (C=O) groups is 1. The lowest BCUT2D eigenvalue weighted by Crippen LogP contribution is -2.25. The van der Waals surface area contributed by atoms with Gasteiger partial charge >= 0.3 is 5.97 Å². The van der Waals surface area contributed by atoms with E-state index in [1.165, 1.54) is 19.3 Å². The van der Waals surface area contributed by atoms with Gasteiger partial charge in [0.25, 0.3) is 0 Å². The Morgan fingerprint density at radius 3 is 2.58 bits per heavy atom. The Kier molecular flexibility index (Phi) is 2.31. The second kappa shape index (κ2) is 3.29. The lowest BCUT2D eigenvalue weighted by Gasteiger charge is -2.27. The molecule has 12 heavy (non-hydrogen) atoms. The molecule has 1 N–H and O–H groups in total. The van der Waals surface area contributed by atoms with Crippen LogP contribution in [0.25, 0.3) is 0 Å². The van der Waals surface area contributed by atoms with Gasteiger partial charge in [-0.15, -0.1) is 0 Å². The van der Waals surface area contributed by atoms with Gasteiger partial charge in [-0.2, -0.15) is 11.8 Å². The van der Waals surface area contributed by atoms with Gasteiger partial charge in [0, 0.05) is 11.0 Å². The van der Waals surface area contributed by atoms with Crippen LogP contribution in [0.5, 0.6) is 0 Å². The molecule has 0 aromatic carbocycles. The van der Waals surface area contributed by atoms with E-state index in [0.717, 1.165) is 18.1 Å². The molecule has 68 valence electrons. The minimum atomic E-state index is -0.572. The summed E-state index contributed by atoms with van der Waals surface area (Å²) in [7, 11) is 0. The molecule has 0 bridgehead atoms. The molecule has 0 aromatic heterocycles. The molecule has 1 saturated carbocycles. The standard InChI is InChI=1S/C9H14O2S/c10-9(11)7(8-5-12-8)4-6-2-1-3-6/h6-8H,1-5H2,(H,10,11)/t7-,8+/m0/s1. The van der Waals surface area contributed by atoms with Gasteiger partial charge in [0.2, 0.25) is 0 Å². The molecule has 3 heteroatoms. The predicted octanol–water partition coefficient (Wildman–Crippen LogP) is 1.99. The van der Waals surface area contributed by atoms with Crippen molar-refractivity contribution in [2.45, 2.75) is 30.9 Å². The molecule has 1 aliphatic carbocycles. The highest BCUT2D eigenvalue weighted by Gasteiger charge is 2.39. The van der Waals surface area contributed by atoms with E-state index in [9.17, 15) is 4.79 Å². The van der Waals surface area contributed by atoms with E-state index in [0.29, 0.717) is 5.25 Å². The molecule has 2 nitrogen and oxygen atoms in total. The molecular weight excluding hydrogens is 172 g/mol. The van der Waals surface area contributed by atoms with Crippen molar-refractivity contribution in [3.63, 3.8) is 0 Å². The van der Waals surface area contributed by atoms with Gasteiger partial charge < -0.3 is 5.11 Å². The molecule has 0 unspecified atom stereocenters. The van der Waals surface area contributed by atoms with E-state index in [2.05, 4.69) is 0 Å². The number of aliphatic carboxylic acids is 1. The van der Waals surface area contributed by atoms with Crippen molar-refractivity contribution in [2.24, 2.45) is 11.8 Å². The van der Waals surface area contributed by atoms with E-state index >= 15 is 0 Å². The minimum absolute atomic E-state index is 0.0414. The van der Waals surface area contributed by atoms with Crippen LogP contribution >= 0.6 is 11.8 Å². The van der Waals surface area contributed by atoms with Gasteiger partial charge in [-0.05, 0) is 12.3 Å². The number of hydrogen-bond donors (Lipinski definition) is 1. The number of hydrogen-bond acceptors (Lipinski definition) is 2. The van der Waals surface area contributed by atoms with Crippen molar-refractivity contribution in [1.29, 1.82) is 0 Å². The molecule has 1 aliphatic heterocycles. The third-order valence-corrected chi connectivity index (χ3v) is 3.98. The molecule has 2 fully saturated rings. The maximum absolute atomic E-state index is 10.8. The summed E-state index contributed by atoms with van der Waals surface area (Å²) in [6.45, 7) is 0. The second-order valence-electron chi connectivity index (χ2n) is 3.85. The molecule has 2 rings (SSSR count). The first-order valence-corrected chi connectivity index (χ1v) is 5.66. The zero-order chi connectivity index (χ0) is 8.55. The highest BCUT2D eigenvalue weighted by molar-refractivity contribution is 8.06. The van der Waals surface area contributed by atoms with Crippen LogP contribution in [-0.2, 0) is 4.79 Å². The molecule has 2 aliphatic rings. The summed E-state index contributed by atoms with van der Waals surface area (Å²) >= 11 is 1.80. The van der Waals surface area contributed by atoms with Crippen molar-refractivity contribution in [2.75, 3.05) is 5.75 Å². The highest BCUT2D eigenvalue weighted by Crippen LogP contribution is 2.42. The fourth-order valence-corrected chi connectivity index (χ4v) is 2.59. The number of rotatable bonds is 4. The van der Waals surface area contributed by atoms with Crippen LogP contribution in [0.2, 0.25) is 0 Å². The Labute approximate surface area is 76.7 Å². The van der Waals surface area contributed by atoms with Gasteiger partial charge in [0.15, 0.2) is 0 Å². The average molecular weight is 186 g/mol.